The molecule has 114 valence electrons. The molecule has 0 spiro atoms. The first-order chi connectivity index (χ1) is 11.0. The van der Waals surface area contributed by atoms with Crippen molar-refractivity contribution in [3.8, 4) is 6.07 Å². The predicted molar refractivity (Wildman–Crippen MR) is 81.7 cm³/mol. The Labute approximate surface area is 130 Å². The molecule has 0 radical (unpaired) electrons. The lowest BCUT2D eigenvalue weighted by Gasteiger charge is -2.05. The lowest BCUT2D eigenvalue weighted by atomic mass is 10.1. The number of hydrogen-bond acceptors (Lipinski definition) is 4. The summed E-state index contributed by atoms with van der Waals surface area (Å²) < 4.78 is 13.5. The minimum Gasteiger partial charge on any atom is -0.319 e. The molecule has 2 rings (SSSR count). The summed E-state index contributed by atoms with van der Waals surface area (Å²) in [5.74, 6) is -1.50. The third-order valence-electron chi connectivity index (χ3n) is 2.92. The number of carbonyl (C=O) groups is 1. The summed E-state index contributed by atoms with van der Waals surface area (Å²) in [7, 11) is 0. The van der Waals surface area contributed by atoms with Crippen molar-refractivity contribution in [1.29, 1.82) is 5.26 Å². The normalized spacial score (nSPS) is 10.7. The summed E-state index contributed by atoms with van der Waals surface area (Å²) in [6, 6.07) is 12.8. The second kappa shape index (κ2) is 6.95. The molecule has 2 aromatic rings. The van der Waals surface area contributed by atoms with Gasteiger partial charge in [-0.25, -0.2) is 4.39 Å². The number of nitrogens with zero attached hydrogens (tertiary/aromatic N) is 2. The van der Waals surface area contributed by atoms with E-state index in [4.69, 9.17) is 5.26 Å². The van der Waals surface area contributed by atoms with Crippen molar-refractivity contribution in [2.75, 3.05) is 5.32 Å². The quantitative estimate of drug-likeness (QED) is 0.405. The highest BCUT2D eigenvalue weighted by Gasteiger charge is 2.15. The van der Waals surface area contributed by atoms with Crippen LogP contribution >= 0.6 is 0 Å². The minimum atomic E-state index is -0.851. The molecular weight excluding hydrogens is 301 g/mol. The van der Waals surface area contributed by atoms with Crippen LogP contribution in [0, 0.1) is 27.3 Å². The number of rotatable bonds is 4. The SMILES string of the molecule is N#C/C(=C/c1ccccc1[N+](=O)[O-])C(=O)Nc1ccccc1F. The van der Waals surface area contributed by atoms with Gasteiger partial charge in [-0.1, -0.05) is 24.3 Å². The lowest BCUT2D eigenvalue weighted by Crippen LogP contribution is -2.14. The molecule has 23 heavy (non-hydrogen) atoms. The summed E-state index contributed by atoms with van der Waals surface area (Å²) in [6.45, 7) is 0. The molecule has 0 unspecified atom stereocenters. The zero-order valence-electron chi connectivity index (χ0n) is 11.7. The molecule has 0 heterocycles. The number of nitro groups is 1. The van der Waals surface area contributed by atoms with Gasteiger partial charge in [-0.05, 0) is 24.3 Å². The van der Waals surface area contributed by atoms with Gasteiger partial charge in [0.1, 0.15) is 17.5 Å². The van der Waals surface area contributed by atoms with Crippen LogP contribution in [0.15, 0.2) is 54.1 Å². The number of nitriles is 1. The Balaban J connectivity index is 2.33. The van der Waals surface area contributed by atoms with Crippen molar-refractivity contribution < 1.29 is 14.1 Å². The Hall–Kier alpha value is -3.53. The summed E-state index contributed by atoms with van der Waals surface area (Å²) in [4.78, 5) is 22.4. The summed E-state index contributed by atoms with van der Waals surface area (Å²) in [6.07, 6.45) is 1.09. The second-order valence-electron chi connectivity index (χ2n) is 4.42. The fourth-order valence-corrected chi connectivity index (χ4v) is 1.83. The maximum atomic E-state index is 13.5. The Morgan fingerprint density at radius 1 is 1.22 bits per heavy atom. The smallest absolute Gasteiger partial charge is 0.276 e. The molecule has 0 saturated carbocycles. The first-order valence-corrected chi connectivity index (χ1v) is 6.44. The van der Waals surface area contributed by atoms with Gasteiger partial charge >= 0.3 is 0 Å². The zero-order chi connectivity index (χ0) is 16.8. The average molecular weight is 311 g/mol. The van der Waals surface area contributed by atoms with Crippen LogP contribution in [0.2, 0.25) is 0 Å². The maximum absolute atomic E-state index is 13.5. The zero-order valence-corrected chi connectivity index (χ0v) is 11.7. The van der Waals surface area contributed by atoms with Gasteiger partial charge in [-0.3, -0.25) is 14.9 Å². The van der Waals surface area contributed by atoms with E-state index in [0.29, 0.717) is 0 Å². The van der Waals surface area contributed by atoms with Crippen LogP contribution in [0.1, 0.15) is 5.56 Å². The van der Waals surface area contributed by atoms with Gasteiger partial charge in [0.25, 0.3) is 11.6 Å². The molecule has 0 saturated heterocycles. The predicted octanol–water partition coefficient (Wildman–Crippen LogP) is 3.28. The highest BCUT2D eigenvalue weighted by Crippen LogP contribution is 2.21. The summed E-state index contributed by atoms with van der Waals surface area (Å²) in [5, 5.41) is 22.3. The summed E-state index contributed by atoms with van der Waals surface area (Å²) in [5.41, 5.74) is -0.583. The van der Waals surface area contributed by atoms with Crippen molar-refractivity contribution in [3.63, 3.8) is 0 Å². The molecule has 0 atom stereocenters. The van der Waals surface area contributed by atoms with Crippen molar-refractivity contribution in [2.45, 2.75) is 0 Å². The highest BCUT2D eigenvalue weighted by atomic mass is 19.1. The molecule has 0 aromatic heterocycles. The Kier molecular flexibility index (Phi) is 4.79. The van der Waals surface area contributed by atoms with Crippen LogP contribution in [0.5, 0.6) is 0 Å². The van der Waals surface area contributed by atoms with Crippen molar-refractivity contribution in [2.24, 2.45) is 0 Å². The van der Waals surface area contributed by atoms with Gasteiger partial charge in [0.05, 0.1) is 16.2 Å². The highest BCUT2D eigenvalue weighted by molar-refractivity contribution is 6.10. The molecular formula is C16H10FN3O3. The van der Waals surface area contributed by atoms with Gasteiger partial charge in [-0.15, -0.1) is 0 Å². The Morgan fingerprint density at radius 3 is 2.52 bits per heavy atom. The van der Waals surface area contributed by atoms with Crippen molar-refractivity contribution >= 4 is 23.4 Å². The van der Waals surface area contributed by atoms with Crippen molar-refractivity contribution in [3.05, 3.63) is 75.6 Å². The molecule has 0 aliphatic carbocycles. The van der Waals surface area contributed by atoms with E-state index in [9.17, 15) is 19.3 Å². The molecule has 2 aromatic carbocycles. The molecule has 6 nitrogen and oxygen atoms in total. The van der Waals surface area contributed by atoms with Gasteiger partial charge in [-0.2, -0.15) is 5.26 Å². The largest absolute Gasteiger partial charge is 0.319 e. The summed E-state index contributed by atoms with van der Waals surface area (Å²) >= 11 is 0. The third kappa shape index (κ3) is 3.77. The van der Waals surface area contributed by atoms with Gasteiger partial charge < -0.3 is 5.32 Å². The Bertz CT molecular complexity index is 840. The number of benzene rings is 2. The van der Waals surface area contributed by atoms with Gasteiger partial charge in [0.2, 0.25) is 0 Å². The van der Waals surface area contributed by atoms with Crippen LogP contribution in [-0.4, -0.2) is 10.8 Å². The molecule has 7 heteroatoms. The van der Waals surface area contributed by atoms with E-state index in [2.05, 4.69) is 5.32 Å². The molecule has 1 N–H and O–H groups in total. The van der Waals surface area contributed by atoms with E-state index < -0.39 is 16.6 Å². The number of para-hydroxylation sites is 2. The lowest BCUT2D eigenvalue weighted by molar-refractivity contribution is -0.385. The van der Waals surface area contributed by atoms with E-state index >= 15 is 0 Å². The number of anilines is 1. The first-order valence-electron chi connectivity index (χ1n) is 6.44. The van der Waals surface area contributed by atoms with Crippen LogP contribution in [-0.2, 0) is 4.79 Å². The van der Waals surface area contributed by atoms with E-state index in [1.807, 2.05) is 0 Å². The first kappa shape index (κ1) is 15.9. The molecule has 0 aliphatic heterocycles. The van der Waals surface area contributed by atoms with Crippen LogP contribution in [0.25, 0.3) is 6.08 Å². The Morgan fingerprint density at radius 2 is 1.87 bits per heavy atom. The molecule has 1 amide bonds. The van der Waals surface area contributed by atoms with E-state index in [1.54, 1.807) is 12.1 Å². The number of carbonyl (C=O) groups excluding carboxylic acids is 1. The van der Waals surface area contributed by atoms with Gasteiger partial charge in [0, 0.05) is 6.07 Å². The van der Waals surface area contributed by atoms with Crippen LogP contribution < -0.4 is 5.32 Å². The van der Waals surface area contributed by atoms with Crippen LogP contribution in [0.3, 0.4) is 0 Å². The second-order valence-corrected chi connectivity index (χ2v) is 4.42. The monoisotopic (exact) mass is 311 g/mol. The number of nitro benzene ring substituents is 1. The average Bonchev–Trinajstić information content (AvgIpc) is 2.54. The number of hydrogen-bond donors (Lipinski definition) is 1. The number of nitrogens with one attached hydrogen (secondary N) is 1. The topological polar surface area (TPSA) is 96.0 Å². The molecule has 0 bridgehead atoms. The third-order valence-corrected chi connectivity index (χ3v) is 2.92. The number of amides is 1. The fraction of sp³-hybridized carbons (Fsp3) is 0. The van der Waals surface area contributed by atoms with Crippen molar-refractivity contribution in [1.82, 2.24) is 0 Å². The van der Waals surface area contributed by atoms with E-state index in [1.165, 1.54) is 36.4 Å². The fourth-order valence-electron chi connectivity index (χ4n) is 1.83. The molecule has 0 fully saturated rings. The van der Waals surface area contributed by atoms with E-state index in [0.717, 1.165) is 12.1 Å². The van der Waals surface area contributed by atoms with E-state index in [-0.39, 0.29) is 22.5 Å². The molecule has 0 aliphatic rings. The maximum Gasteiger partial charge on any atom is 0.276 e. The number of halogens is 1. The standard InChI is InChI=1S/C16H10FN3O3/c17-13-6-2-3-7-14(13)19-16(21)12(10-18)9-11-5-1-4-8-15(11)20(22)23/h1-9H,(H,19,21)/b12-9-. The van der Waals surface area contributed by atoms with Crippen LogP contribution in [0.4, 0.5) is 15.8 Å². The minimum absolute atomic E-state index is 0.0822. The van der Waals surface area contributed by atoms with Gasteiger partial charge in [0.15, 0.2) is 0 Å².